The molecule has 0 saturated heterocycles. The normalized spacial score (nSPS) is 12.9. The van der Waals surface area contributed by atoms with E-state index in [2.05, 4.69) is 24.7 Å². The first-order chi connectivity index (χ1) is 15.1. The number of rotatable bonds is 4. The molecule has 16 heteroatoms. The number of H-pyrrole nitrogens is 1. The number of nitrogens with one attached hydrogen (secondary N) is 1. The fourth-order valence-corrected chi connectivity index (χ4v) is 2.65. The standard InChI is InChI=1S/C17H9F10N5O/c18-8-3-1-2-7(15(19,20)21)9(8)12-31-10(11(28)32-12)6-4-29-14(30-5-6)33-13(16(22,23)24)17(25,26)27/h1-5,13H,28H2,(H,31,32). The van der Waals surface area contributed by atoms with Gasteiger partial charge in [-0.2, -0.15) is 39.5 Å². The number of hydrogen-bond acceptors (Lipinski definition) is 5. The minimum absolute atomic E-state index is 0.220. The molecule has 1 aromatic carbocycles. The molecule has 2 aromatic heterocycles. The molecule has 0 aliphatic heterocycles. The van der Waals surface area contributed by atoms with Crippen molar-refractivity contribution in [1.29, 1.82) is 0 Å². The summed E-state index contributed by atoms with van der Waals surface area (Å²) < 4.78 is 133. The molecular weight excluding hydrogens is 480 g/mol. The van der Waals surface area contributed by atoms with Crippen LogP contribution in [0.2, 0.25) is 0 Å². The van der Waals surface area contributed by atoms with Crippen LogP contribution >= 0.6 is 0 Å². The Balaban J connectivity index is 1.95. The summed E-state index contributed by atoms with van der Waals surface area (Å²) in [6.07, 6.45) is -19.4. The van der Waals surface area contributed by atoms with Crippen LogP contribution in [0.3, 0.4) is 0 Å². The Morgan fingerprint density at radius 2 is 1.48 bits per heavy atom. The molecule has 0 bridgehead atoms. The van der Waals surface area contributed by atoms with Crippen LogP contribution in [0.5, 0.6) is 6.01 Å². The number of hydrogen-bond donors (Lipinski definition) is 2. The molecule has 0 aliphatic rings. The zero-order chi connectivity index (χ0) is 24.8. The summed E-state index contributed by atoms with van der Waals surface area (Å²) in [4.78, 5) is 12.4. The molecule has 178 valence electrons. The van der Waals surface area contributed by atoms with Crippen LogP contribution in [0.1, 0.15) is 5.56 Å². The number of benzene rings is 1. The summed E-state index contributed by atoms with van der Waals surface area (Å²) in [5.74, 6) is -2.32. The van der Waals surface area contributed by atoms with Gasteiger partial charge in [-0.05, 0) is 12.1 Å². The van der Waals surface area contributed by atoms with Gasteiger partial charge < -0.3 is 15.5 Å². The van der Waals surface area contributed by atoms with Crippen molar-refractivity contribution < 1.29 is 48.6 Å². The first kappa shape index (κ1) is 24.1. The molecule has 2 heterocycles. The van der Waals surface area contributed by atoms with Crippen LogP contribution in [0.4, 0.5) is 49.7 Å². The van der Waals surface area contributed by atoms with Crippen molar-refractivity contribution >= 4 is 5.82 Å². The predicted octanol–water partition coefficient (Wildman–Crippen LogP) is 5.15. The molecule has 0 unspecified atom stereocenters. The highest BCUT2D eigenvalue weighted by atomic mass is 19.4. The van der Waals surface area contributed by atoms with Crippen molar-refractivity contribution in [3.63, 3.8) is 0 Å². The van der Waals surface area contributed by atoms with Crippen molar-refractivity contribution in [1.82, 2.24) is 19.9 Å². The Kier molecular flexibility index (Phi) is 5.89. The zero-order valence-electron chi connectivity index (χ0n) is 15.6. The van der Waals surface area contributed by atoms with Crippen molar-refractivity contribution in [2.24, 2.45) is 0 Å². The predicted molar refractivity (Wildman–Crippen MR) is 90.9 cm³/mol. The quantitative estimate of drug-likeness (QED) is 0.496. The summed E-state index contributed by atoms with van der Waals surface area (Å²) in [5, 5.41) is 0. The van der Waals surface area contributed by atoms with Gasteiger partial charge in [-0.15, -0.1) is 0 Å². The second-order valence-corrected chi connectivity index (χ2v) is 6.34. The number of halogens is 10. The number of alkyl halides is 9. The first-order valence-electron chi connectivity index (χ1n) is 8.43. The van der Waals surface area contributed by atoms with Crippen LogP contribution in [-0.2, 0) is 6.18 Å². The van der Waals surface area contributed by atoms with Gasteiger partial charge in [0.05, 0.1) is 11.1 Å². The highest BCUT2D eigenvalue weighted by Crippen LogP contribution is 2.39. The lowest BCUT2D eigenvalue weighted by atomic mass is 10.1. The van der Waals surface area contributed by atoms with Crippen LogP contribution in [-0.4, -0.2) is 38.4 Å². The third-order valence-electron chi connectivity index (χ3n) is 4.01. The molecule has 0 fully saturated rings. The van der Waals surface area contributed by atoms with Crippen molar-refractivity contribution in [3.05, 3.63) is 42.0 Å². The molecule has 33 heavy (non-hydrogen) atoms. The topological polar surface area (TPSA) is 89.7 Å². The van der Waals surface area contributed by atoms with Crippen molar-refractivity contribution in [2.45, 2.75) is 24.6 Å². The lowest BCUT2D eigenvalue weighted by molar-refractivity contribution is -0.301. The number of nitrogens with two attached hydrogens (primary N) is 1. The Morgan fingerprint density at radius 3 is 2.00 bits per heavy atom. The van der Waals surface area contributed by atoms with Gasteiger partial charge in [0.2, 0.25) is 0 Å². The summed E-state index contributed by atoms with van der Waals surface area (Å²) >= 11 is 0. The van der Waals surface area contributed by atoms with Gasteiger partial charge in [0.15, 0.2) is 0 Å². The summed E-state index contributed by atoms with van der Waals surface area (Å²) in [6, 6.07) is 0.886. The van der Waals surface area contributed by atoms with E-state index in [1.165, 1.54) is 0 Å². The number of anilines is 1. The van der Waals surface area contributed by atoms with E-state index in [0.717, 1.165) is 12.1 Å². The highest BCUT2D eigenvalue weighted by molar-refractivity contribution is 5.75. The van der Waals surface area contributed by atoms with E-state index in [-0.39, 0.29) is 11.3 Å². The second kappa shape index (κ2) is 8.08. The first-order valence-corrected chi connectivity index (χ1v) is 8.43. The number of imidazole rings is 1. The molecule has 0 radical (unpaired) electrons. The van der Waals surface area contributed by atoms with Gasteiger partial charge in [0.1, 0.15) is 23.2 Å². The molecule has 0 aliphatic carbocycles. The highest BCUT2D eigenvalue weighted by Gasteiger charge is 2.59. The number of aromatic nitrogens is 4. The molecule has 3 N–H and O–H groups in total. The average Bonchev–Trinajstić information content (AvgIpc) is 3.05. The van der Waals surface area contributed by atoms with Crippen LogP contribution in [0.15, 0.2) is 30.6 Å². The maximum Gasteiger partial charge on any atom is 0.434 e. The summed E-state index contributed by atoms with van der Waals surface area (Å²) in [6.45, 7) is 0. The monoisotopic (exact) mass is 489 g/mol. The van der Waals surface area contributed by atoms with Crippen LogP contribution < -0.4 is 10.5 Å². The molecular formula is C17H9F10N5O. The zero-order valence-corrected chi connectivity index (χ0v) is 15.6. The van der Waals surface area contributed by atoms with Gasteiger partial charge in [0.25, 0.3) is 6.10 Å². The molecule has 6 nitrogen and oxygen atoms in total. The molecule has 0 amide bonds. The third kappa shape index (κ3) is 5.09. The van der Waals surface area contributed by atoms with E-state index in [9.17, 15) is 43.9 Å². The molecule has 0 saturated carbocycles. The van der Waals surface area contributed by atoms with E-state index in [4.69, 9.17) is 5.73 Å². The third-order valence-corrected chi connectivity index (χ3v) is 4.01. The maximum atomic E-state index is 14.2. The Bertz CT molecular complexity index is 1120. The van der Waals surface area contributed by atoms with Gasteiger partial charge in [-0.3, -0.25) is 0 Å². The van der Waals surface area contributed by atoms with Gasteiger partial charge >= 0.3 is 24.5 Å². The summed E-state index contributed by atoms with van der Waals surface area (Å²) in [7, 11) is 0. The van der Waals surface area contributed by atoms with Crippen molar-refractivity contribution in [3.8, 4) is 28.7 Å². The lowest BCUT2D eigenvalue weighted by Gasteiger charge is -2.22. The average molecular weight is 489 g/mol. The van der Waals surface area contributed by atoms with Gasteiger partial charge in [-0.1, -0.05) is 6.07 Å². The van der Waals surface area contributed by atoms with E-state index in [0.29, 0.717) is 18.5 Å². The number of aromatic amines is 1. The summed E-state index contributed by atoms with van der Waals surface area (Å²) in [5.41, 5.74) is 2.77. The van der Waals surface area contributed by atoms with Crippen molar-refractivity contribution in [2.75, 3.05) is 5.73 Å². The number of nitrogens with zero attached hydrogens (tertiary/aromatic N) is 3. The molecule has 0 spiro atoms. The van der Waals surface area contributed by atoms with Gasteiger partial charge in [0, 0.05) is 18.0 Å². The maximum absolute atomic E-state index is 14.2. The Labute approximate surface area is 176 Å². The second-order valence-electron chi connectivity index (χ2n) is 6.34. The number of nitrogen functional groups attached to an aromatic ring is 1. The van der Waals surface area contributed by atoms with Crippen LogP contribution in [0, 0.1) is 5.82 Å². The van der Waals surface area contributed by atoms with E-state index in [1.807, 2.05) is 0 Å². The SMILES string of the molecule is Nc1[nH]c(-c2c(F)cccc2C(F)(F)F)nc1-c1cnc(OC(C(F)(F)F)C(F)(F)F)nc1. The van der Waals surface area contributed by atoms with E-state index < -0.39 is 59.2 Å². The van der Waals surface area contributed by atoms with E-state index >= 15 is 0 Å². The van der Waals surface area contributed by atoms with Gasteiger partial charge in [-0.25, -0.2) is 19.3 Å². The Morgan fingerprint density at radius 1 is 0.909 bits per heavy atom. The number of ether oxygens (including phenoxy) is 1. The molecule has 3 rings (SSSR count). The molecule has 0 atom stereocenters. The fraction of sp³-hybridized carbons (Fsp3) is 0.235. The smallest absolute Gasteiger partial charge is 0.434 e. The largest absolute Gasteiger partial charge is 0.441 e. The minimum atomic E-state index is -5.81. The fourth-order valence-electron chi connectivity index (χ4n) is 2.65. The lowest BCUT2D eigenvalue weighted by Crippen LogP contribution is -2.46. The van der Waals surface area contributed by atoms with E-state index in [1.54, 1.807) is 0 Å². The minimum Gasteiger partial charge on any atom is -0.441 e. The van der Waals surface area contributed by atoms with Crippen LogP contribution in [0.25, 0.3) is 22.6 Å². The Hall–Kier alpha value is -3.59. The molecule has 3 aromatic rings.